The number of hydrogen-bond acceptors (Lipinski definition) is 3. The van der Waals surface area contributed by atoms with Gasteiger partial charge in [0.1, 0.15) is 0 Å². The average molecular weight is 244 g/mol. The number of nitrogens with zero attached hydrogens (tertiary/aromatic N) is 2. The molecule has 1 aliphatic heterocycles. The number of hydrogen-bond donors (Lipinski definition) is 0. The molecule has 2 rings (SSSR count). The Morgan fingerprint density at radius 1 is 1.50 bits per heavy atom. The molecule has 3 nitrogen and oxygen atoms in total. The van der Waals surface area contributed by atoms with E-state index in [-0.39, 0.29) is 12.0 Å². The van der Waals surface area contributed by atoms with Crippen LogP contribution in [0.15, 0.2) is 24.3 Å². The third-order valence-corrected chi connectivity index (χ3v) is 3.38. The van der Waals surface area contributed by atoms with E-state index in [9.17, 15) is 0 Å². The lowest BCUT2D eigenvalue weighted by Gasteiger charge is -2.30. The zero-order chi connectivity index (χ0) is 13.0. The van der Waals surface area contributed by atoms with Crippen LogP contribution in [-0.4, -0.2) is 31.6 Å². The highest BCUT2D eigenvalue weighted by Crippen LogP contribution is 2.27. The minimum absolute atomic E-state index is 0.0637. The van der Waals surface area contributed by atoms with E-state index < -0.39 is 0 Å². The second kappa shape index (κ2) is 5.99. The first-order valence-electron chi connectivity index (χ1n) is 6.48. The highest BCUT2D eigenvalue weighted by molar-refractivity contribution is 5.31. The molecule has 0 radical (unpaired) electrons. The van der Waals surface area contributed by atoms with E-state index in [4.69, 9.17) is 10.00 Å². The first-order valence-corrected chi connectivity index (χ1v) is 6.48. The molecule has 1 aliphatic rings. The molecular weight excluding hydrogens is 224 g/mol. The van der Waals surface area contributed by atoms with Gasteiger partial charge in [-0.3, -0.25) is 0 Å². The van der Waals surface area contributed by atoms with Crippen LogP contribution in [0.1, 0.15) is 24.2 Å². The molecule has 0 amide bonds. The van der Waals surface area contributed by atoms with Gasteiger partial charge in [-0.05, 0) is 31.5 Å². The predicted molar refractivity (Wildman–Crippen MR) is 71.1 cm³/mol. The molecule has 3 heteroatoms. The summed E-state index contributed by atoms with van der Waals surface area (Å²) >= 11 is 0. The van der Waals surface area contributed by atoms with Crippen LogP contribution >= 0.6 is 0 Å². The second-order valence-electron chi connectivity index (χ2n) is 5.06. The Morgan fingerprint density at radius 3 is 3.06 bits per heavy atom. The zero-order valence-corrected chi connectivity index (χ0v) is 11.1. The second-order valence-corrected chi connectivity index (χ2v) is 5.06. The van der Waals surface area contributed by atoms with Gasteiger partial charge in [-0.25, -0.2) is 0 Å². The fraction of sp³-hybridized carbons (Fsp3) is 0.533. The van der Waals surface area contributed by atoms with Crippen molar-refractivity contribution in [2.75, 3.05) is 26.7 Å². The zero-order valence-electron chi connectivity index (χ0n) is 11.1. The summed E-state index contributed by atoms with van der Waals surface area (Å²) in [7, 11) is 2.05. The van der Waals surface area contributed by atoms with Crippen LogP contribution in [0.25, 0.3) is 0 Å². The molecular formula is C15H20N2O. The topological polar surface area (TPSA) is 36.3 Å². The van der Waals surface area contributed by atoms with Gasteiger partial charge >= 0.3 is 0 Å². The molecule has 0 saturated heterocycles. The molecule has 96 valence electrons. The van der Waals surface area contributed by atoms with Gasteiger partial charge in [0.2, 0.25) is 0 Å². The van der Waals surface area contributed by atoms with Crippen molar-refractivity contribution in [1.29, 1.82) is 5.26 Å². The lowest BCUT2D eigenvalue weighted by Crippen LogP contribution is -2.31. The molecule has 0 spiro atoms. The Morgan fingerprint density at radius 2 is 2.28 bits per heavy atom. The fourth-order valence-electron chi connectivity index (χ4n) is 2.49. The molecule has 0 N–H and O–H groups in total. The number of likely N-dealkylation sites (N-methyl/N-ethyl adjacent to an activating group) is 1. The van der Waals surface area contributed by atoms with Gasteiger partial charge < -0.3 is 9.64 Å². The van der Waals surface area contributed by atoms with Crippen molar-refractivity contribution in [3.63, 3.8) is 0 Å². The van der Waals surface area contributed by atoms with Crippen molar-refractivity contribution in [2.45, 2.75) is 19.4 Å². The maximum atomic E-state index is 8.84. The summed E-state index contributed by atoms with van der Waals surface area (Å²) in [6.07, 6.45) is 1.15. The van der Waals surface area contributed by atoms with Gasteiger partial charge in [0, 0.05) is 13.1 Å². The summed E-state index contributed by atoms with van der Waals surface area (Å²) in [5.41, 5.74) is 2.70. The van der Waals surface area contributed by atoms with Crippen molar-refractivity contribution in [3.05, 3.63) is 35.4 Å². The monoisotopic (exact) mass is 244 g/mol. The highest BCUT2D eigenvalue weighted by atomic mass is 16.5. The van der Waals surface area contributed by atoms with Crippen LogP contribution in [0.4, 0.5) is 0 Å². The lowest BCUT2D eigenvalue weighted by molar-refractivity contribution is 0.0199. The van der Waals surface area contributed by atoms with Crippen molar-refractivity contribution >= 4 is 0 Å². The molecule has 0 saturated carbocycles. The summed E-state index contributed by atoms with van der Waals surface area (Å²) in [5.74, 6) is 0.0637. The number of ether oxygens (including phenoxy) is 1. The molecule has 0 aliphatic carbocycles. The molecule has 2 atom stereocenters. The molecule has 0 fully saturated rings. The van der Waals surface area contributed by atoms with E-state index in [1.807, 2.05) is 6.92 Å². The Labute approximate surface area is 109 Å². The van der Waals surface area contributed by atoms with E-state index >= 15 is 0 Å². The quantitative estimate of drug-likeness (QED) is 0.816. The van der Waals surface area contributed by atoms with Crippen molar-refractivity contribution in [1.82, 2.24) is 4.90 Å². The van der Waals surface area contributed by atoms with Crippen molar-refractivity contribution < 1.29 is 4.74 Å². The Kier molecular flexibility index (Phi) is 4.35. The average Bonchev–Trinajstić information content (AvgIpc) is 2.39. The Balaban J connectivity index is 2.01. The van der Waals surface area contributed by atoms with Crippen LogP contribution in [0, 0.1) is 17.2 Å². The smallest absolute Gasteiger partial charge is 0.0954 e. The third kappa shape index (κ3) is 3.10. The molecule has 1 heterocycles. The summed E-state index contributed by atoms with van der Waals surface area (Å²) in [6.45, 7) is 4.39. The minimum atomic E-state index is 0.0637. The minimum Gasteiger partial charge on any atom is -0.372 e. The largest absolute Gasteiger partial charge is 0.372 e. The van der Waals surface area contributed by atoms with E-state index in [0.29, 0.717) is 0 Å². The summed E-state index contributed by atoms with van der Waals surface area (Å²) in [4.78, 5) is 2.18. The summed E-state index contributed by atoms with van der Waals surface area (Å²) < 4.78 is 5.87. The SMILES string of the molecule is CC(C#N)CN(C)CC1OCCc2ccccc21. The van der Waals surface area contributed by atoms with Crippen LogP contribution in [0.5, 0.6) is 0 Å². The molecule has 1 aromatic rings. The van der Waals surface area contributed by atoms with Crippen LogP contribution < -0.4 is 0 Å². The maximum absolute atomic E-state index is 8.84. The number of nitriles is 1. The van der Waals surface area contributed by atoms with Crippen LogP contribution in [-0.2, 0) is 11.2 Å². The maximum Gasteiger partial charge on any atom is 0.0954 e. The van der Waals surface area contributed by atoms with Gasteiger partial charge in [-0.1, -0.05) is 24.3 Å². The molecule has 1 aromatic carbocycles. The lowest BCUT2D eigenvalue weighted by atomic mass is 9.97. The van der Waals surface area contributed by atoms with Crippen LogP contribution in [0.3, 0.4) is 0 Å². The Hall–Kier alpha value is -1.37. The van der Waals surface area contributed by atoms with Crippen LogP contribution in [0.2, 0.25) is 0 Å². The standard InChI is InChI=1S/C15H20N2O/c1-12(9-16)10-17(2)11-15-14-6-4-3-5-13(14)7-8-18-15/h3-6,12,15H,7-8,10-11H2,1-2H3. The highest BCUT2D eigenvalue weighted by Gasteiger charge is 2.22. The van der Waals surface area contributed by atoms with E-state index in [1.54, 1.807) is 0 Å². The molecule has 0 aromatic heterocycles. The fourth-order valence-corrected chi connectivity index (χ4v) is 2.49. The van der Waals surface area contributed by atoms with Gasteiger partial charge in [-0.2, -0.15) is 5.26 Å². The van der Waals surface area contributed by atoms with Crippen molar-refractivity contribution in [2.24, 2.45) is 5.92 Å². The first-order chi connectivity index (χ1) is 8.70. The normalized spacial score (nSPS) is 20.2. The predicted octanol–water partition coefficient (Wildman–Crippen LogP) is 2.39. The number of rotatable bonds is 4. The molecule has 2 unspecified atom stereocenters. The van der Waals surface area contributed by atoms with E-state index in [2.05, 4.69) is 42.3 Å². The summed E-state index contributed by atoms with van der Waals surface area (Å²) in [5, 5.41) is 8.84. The molecule has 0 bridgehead atoms. The Bertz CT molecular complexity index is 438. The van der Waals surface area contributed by atoms with E-state index in [0.717, 1.165) is 26.1 Å². The third-order valence-electron chi connectivity index (χ3n) is 3.38. The number of fused-ring (bicyclic) bond motifs is 1. The van der Waals surface area contributed by atoms with Crippen molar-refractivity contribution in [3.8, 4) is 6.07 Å². The van der Waals surface area contributed by atoms with Gasteiger partial charge in [0.25, 0.3) is 0 Å². The van der Waals surface area contributed by atoms with E-state index in [1.165, 1.54) is 11.1 Å². The molecule has 18 heavy (non-hydrogen) atoms. The van der Waals surface area contributed by atoms with Gasteiger partial charge in [-0.15, -0.1) is 0 Å². The number of benzene rings is 1. The van der Waals surface area contributed by atoms with Gasteiger partial charge in [0.15, 0.2) is 0 Å². The summed E-state index contributed by atoms with van der Waals surface area (Å²) in [6, 6.07) is 10.8. The van der Waals surface area contributed by atoms with Gasteiger partial charge in [0.05, 0.1) is 24.7 Å². The first kappa shape index (κ1) is 13.1.